The summed E-state index contributed by atoms with van der Waals surface area (Å²) in [5, 5.41) is 20.3. The summed E-state index contributed by atoms with van der Waals surface area (Å²) in [5.41, 5.74) is 9.52. The number of rotatable bonds is 15. The van der Waals surface area contributed by atoms with E-state index in [9.17, 15) is 15.2 Å². The van der Waals surface area contributed by atoms with E-state index in [0.29, 0.717) is 95.2 Å². The molecule has 0 unspecified atom stereocenters. The smallest absolute Gasteiger partial charge is 0.264 e. The Bertz CT molecular complexity index is 3160. The minimum atomic E-state index is -0.495. The van der Waals surface area contributed by atoms with Crippen LogP contribution in [0.4, 0.5) is 15.8 Å². The van der Waals surface area contributed by atoms with E-state index < -0.39 is 5.82 Å². The van der Waals surface area contributed by atoms with Crippen molar-refractivity contribution in [2.75, 3.05) is 71.0 Å². The zero-order valence-corrected chi connectivity index (χ0v) is 43.8. The molecule has 0 saturated carbocycles. The molecular formula is C60H67FN8O6. The normalized spacial score (nSPS) is 16.8. The van der Waals surface area contributed by atoms with Gasteiger partial charge in [0, 0.05) is 105 Å². The van der Waals surface area contributed by atoms with Gasteiger partial charge in [0.15, 0.2) is 0 Å². The van der Waals surface area contributed by atoms with Crippen LogP contribution in [0.2, 0.25) is 0 Å². The van der Waals surface area contributed by atoms with Gasteiger partial charge in [0.2, 0.25) is 5.91 Å². The van der Waals surface area contributed by atoms with E-state index in [4.69, 9.17) is 9.47 Å². The highest BCUT2D eigenvalue weighted by atomic mass is 19.1. The molecule has 14 nitrogen and oxygen atoms in total. The maximum absolute atomic E-state index is 15.8. The van der Waals surface area contributed by atoms with Crippen LogP contribution in [0.25, 0.3) is 11.3 Å². The van der Waals surface area contributed by atoms with E-state index in [1.807, 2.05) is 55.6 Å². The number of hydrogen-bond donors (Lipinski definition) is 1. The molecule has 10 rings (SSSR count). The number of nitrogens with zero attached hydrogens (tertiary/aromatic N) is 8. The second-order valence-electron chi connectivity index (χ2n) is 21.0. The second kappa shape index (κ2) is 21.9. The first-order valence-electron chi connectivity index (χ1n) is 26.3. The van der Waals surface area contributed by atoms with Gasteiger partial charge in [-0.05, 0) is 142 Å². The number of anilines is 2. The second-order valence-corrected chi connectivity index (χ2v) is 21.0. The number of halogens is 1. The molecule has 0 bridgehead atoms. The van der Waals surface area contributed by atoms with Crippen LogP contribution in [-0.4, -0.2) is 124 Å². The van der Waals surface area contributed by atoms with Crippen molar-refractivity contribution in [1.82, 2.24) is 28.7 Å². The Morgan fingerprint density at radius 1 is 0.840 bits per heavy atom. The summed E-state index contributed by atoms with van der Waals surface area (Å²) in [7, 11) is 5.73. The van der Waals surface area contributed by atoms with Crippen LogP contribution < -0.4 is 9.64 Å². The van der Waals surface area contributed by atoms with Gasteiger partial charge in [0.25, 0.3) is 11.8 Å². The number of ether oxygens (including phenoxy) is 2. The first kappa shape index (κ1) is 51.2. The highest BCUT2D eigenvalue weighted by molar-refractivity contribution is 6.13. The summed E-state index contributed by atoms with van der Waals surface area (Å²) >= 11 is 0. The summed E-state index contributed by atoms with van der Waals surface area (Å²) in [6, 6.07) is 29.2. The number of likely N-dealkylation sites (tertiary alicyclic amines) is 1. The largest absolute Gasteiger partial charge is 0.508 e. The third kappa shape index (κ3) is 10.7. The lowest BCUT2D eigenvalue weighted by atomic mass is 9.89. The van der Waals surface area contributed by atoms with Gasteiger partial charge in [-0.2, -0.15) is 5.26 Å². The number of nitriles is 1. The molecule has 2 saturated heterocycles. The third-order valence-electron chi connectivity index (χ3n) is 16.1. The van der Waals surface area contributed by atoms with Crippen LogP contribution in [0.5, 0.6) is 11.5 Å². The molecule has 3 amide bonds. The lowest BCUT2D eigenvalue weighted by Crippen LogP contribution is -2.51. The Hall–Kier alpha value is -7.25. The van der Waals surface area contributed by atoms with Gasteiger partial charge in [-0.3, -0.25) is 19.3 Å². The Morgan fingerprint density at radius 2 is 1.60 bits per heavy atom. The number of phenols is 1. The molecule has 0 spiro atoms. The number of aromatic nitrogens is 2. The van der Waals surface area contributed by atoms with Crippen molar-refractivity contribution >= 4 is 29.1 Å². The standard InChI is InChI=1S/C60H67FN8O6/c1-39-52(60(73)69(47-14-16-50(70)17-15-47)56-29-48(32-62)64(4)40(56)2)31-57(65(39)5)53-26-43-19-22-67(58(71)28-44-13-18-51(30-55(44)61)75-24-23-63(3)33-41-37-74-38-41)34-46(43)27-54(53)59(72)68-35-45-12-8-7-11-42(45)25-49(68)36-66-20-9-6-10-21-66/h7-8,11-18,26-27,29-31,41,49,70H,6,9-10,19-25,28,33-38H2,1-5H3/t49-/m0/s1. The van der Waals surface area contributed by atoms with Crippen LogP contribution in [0.3, 0.4) is 0 Å². The Morgan fingerprint density at radius 3 is 2.31 bits per heavy atom. The van der Waals surface area contributed by atoms with Gasteiger partial charge in [0.05, 0.1) is 30.9 Å². The van der Waals surface area contributed by atoms with E-state index in [1.165, 1.54) is 30.2 Å². The van der Waals surface area contributed by atoms with Crippen molar-refractivity contribution < 1.29 is 33.4 Å². The fourth-order valence-electron chi connectivity index (χ4n) is 11.4. The summed E-state index contributed by atoms with van der Waals surface area (Å²) in [6.45, 7) is 11.2. The first-order chi connectivity index (χ1) is 36.2. The lowest BCUT2D eigenvalue weighted by molar-refractivity contribution is -0.131. The van der Waals surface area contributed by atoms with Crippen LogP contribution in [0.15, 0.2) is 91.0 Å². The Kier molecular flexibility index (Phi) is 15.0. The number of aromatic hydroxyl groups is 1. The van der Waals surface area contributed by atoms with Crippen molar-refractivity contribution in [2.24, 2.45) is 20.0 Å². The number of hydrogen-bond acceptors (Lipinski definition) is 9. The zero-order chi connectivity index (χ0) is 52.5. The molecule has 0 aliphatic carbocycles. The van der Waals surface area contributed by atoms with Gasteiger partial charge in [-0.25, -0.2) is 4.39 Å². The number of carbonyl (C=O) groups is 3. The van der Waals surface area contributed by atoms with Gasteiger partial charge >= 0.3 is 0 Å². The summed E-state index contributed by atoms with van der Waals surface area (Å²) < 4.78 is 30.5. The average molecular weight is 1020 g/mol. The number of benzene rings is 4. The van der Waals surface area contributed by atoms with Crippen molar-refractivity contribution in [1.29, 1.82) is 5.26 Å². The quantitative estimate of drug-likeness (QED) is 0.107. The predicted molar refractivity (Wildman–Crippen MR) is 286 cm³/mol. The molecule has 15 heteroatoms. The maximum Gasteiger partial charge on any atom is 0.264 e. The van der Waals surface area contributed by atoms with Crippen molar-refractivity contribution in [3.8, 4) is 28.8 Å². The van der Waals surface area contributed by atoms with Crippen LogP contribution >= 0.6 is 0 Å². The highest BCUT2D eigenvalue weighted by Crippen LogP contribution is 2.39. The molecule has 2 aromatic heterocycles. The molecule has 4 aliphatic heterocycles. The summed E-state index contributed by atoms with van der Waals surface area (Å²) in [6.07, 6.45) is 4.57. The van der Waals surface area contributed by atoms with E-state index in [-0.39, 0.29) is 48.0 Å². The van der Waals surface area contributed by atoms with E-state index >= 15 is 14.0 Å². The number of fused-ring (bicyclic) bond motifs is 2. The first-order valence-corrected chi connectivity index (χ1v) is 26.3. The summed E-state index contributed by atoms with van der Waals surface area (Å²) in [4.78, 5) is 55.2. The number of amides is 3. The number of piperidine rings is 1. The maximum atomic E-state index is 15.8. The third-order valence-corrected chi connectivity index (χ3v) is 16.1. The fourth-order valence-corrected chi connectivity index (χ4v) is 11.4. The molecule has 0 radical (unpaired) electrons. The molecule has 1 atom stereocenters. The SMILES string of the molecule is Cc1c(N(C(=O)c2cc(-c3cc4c(cc3C(=O)N3Cc5ccccc5C[C@H]3CN3CCCCC3)CN(C(=O)Cc3ccc(OCCN(C)CC5COC5)cc3F)CC4)n(C)c2C)c2ccc(O)cc2)cc(C#N)n1C. The van der Waals surface area contributed by atoms with Gasteiger partial charge in [-0.15, -0.1) is 0 Å². The van der Waals surface area contributed by atoms with Crippen LogP contribution in [0, 0.1) is 36.9 Å². The molecular weight excluding hydrogens is 948 g/mol. The fraction of sp³-hybridized carbons (Fsp3) is 0.400. The minimum absolute atomic E-state index is 0.0505. The van der Waals surface area contributed by atoms with Crippen molar-refractivity contribution in [3.63, 3.8) is 0 Å². The number of likely N-dealkylation sites (N-methyl/N-ethyl adjacent to an activating group) is 1. The predicted octanol–water partition coefficient (Wildman–Crippen LogP) is 8.48. The Labute approximate surface area is 439 Å². The topological polar surface area (TPSA) is 140 Å². The number of phenolic OH excluding ortho intramolecular Hbond substituents is 1. The van der Waals surface area contributed by atoms with E-state index in [1.54, 1.807) is 51.7 Å². The van der Waals surface area contributed by atoms with Crippen LogP contribution in [0.1, 0.15) is 84.9 Å². The minimum Gasteiger partial charge on any atom is -0.508 e. The number of carbonyl (C=O) groups excluding carboxylic acids is 3. The molecule has 6 aromatic rings. The van der Waals surface area contributed by atoms with Crippen molar-refractivity contribution in [2.45, 2.75) is 71.5 Å². The molecule has 2 fully saturated rings. The van der Waals surface area contributed by atoms with E-state index in [2.05, 4.69) is 40.1 Å². The summed E-state index contributed by atoms with van der Waals surface area (Å²) in [5.74, 6) is -0.173. The lowest BCUT2D eigenvalue weighted by Gasteiger charge is -2.41. The molecule has 1 N–H and O–H groups in total. The molecule has 4 aromatic carbocycles. The van der Waals surface area contributed by atoms with Crippen molar-refractivity contribution in [3.05, 3.63) is 153 Å². The Balaban J connectivity index is 0.980. The molecule has 390 valence electrons. The molecule has 4 aliphatic rings. The average Bonchev–Trinajstić information content (AvgIpc) is 3.86. The highest BCUT2D eigenvalue weighted by Gasteiger charge is 2.36. The van der Waals surface area contributed by atoms with Crippen LogP contribution in [-0.2, 0) is 56.0 Å². The molecule has 6 heterocycles. The monoisotopic (exact) mass is 1010 g/mol. The van der Waals surface area contributed by atoms with E-state index in [0.717, 1.165) is 75.3 Å². The van der Waals surface area contributed by atoms with Gasteiger partial charge in [0.1, 0.15) is 35.7 Å². The molecule has 75 heavy (non-hydrogen) atoms. The zero-order valence-electron chi connectivity index (χ0n) is 43.8. The van der Waals surface area contributed by atoms with Gasteiger partial charge < -0.3 is 43.3 Å². The van der Waals surface area contributed by atoms with Gasteiger partial charge in [-0.1, -0.05) is 36.8 Å².